The first-order valence-electron chi connectivity index (χ1n) is 6.74. The summed E-state index contributed by atoms with van der Waals surface area (Å²) in [6, 6.07) is 3.78. The van der Waals surface area contributed by atoms with Crippen molar-refractivity contribution >= 4 is 27.6 Å². The van der Waals surface area contributed by atoms with Crippen LogP contribution < -0.4 is 5.32 Å². The maximum Gasteiger partial charge on any atom is 0.322 e. The Kier molecular flexibility index (Phi) is 6.02. The van der Waals surface area contributed by atoms with Crippen LogP contribution in [0, 0.1) is 13.8 Å². The van der Waals surface area contributed by atoms with E-state index in [0.717, 1.165) is 21.3 Å². The molecule has 0 aliphatic carbocycles. The van der Waals surface area contributed by atoms with Gasteiger partial charge in [-0.3, -0.25) is 0 Å². The van der Waals surface area contributed by atoms with Crippen molar-refractivity contribution in [3.8, 4) is 0 Å². The minimum absolute atomic E-state index is 0.0284. The standard InChI is InChI=1S/C15H23BrN2O2/c1-9(2)18(8-12(5)19)15(20)17-14-10(3)6-13(16)7-11(14)4/h6-7,9,12,19H,8H2,1-5H3,(H,17,20). The number of hydrogen-bond donors (Lipinski definition) is 2. The van der Waals surface area contributed by atoms with E-state index in [1.54, 1.807) is 11.8 Å². The number of benzene rings is 1. The lowest BCUT2D eigenvalue weighted by atomic mass is 10.1. The van der Waals surface area contributed by atoms with Gasteiger partial charge >= 0.3 is 6.03 Å². The second kappa shape index (κ2) is 7.09. The van der Waals surface area contributed by atoms with Gasteiger partial charge in [-0.25, -0.2) is 4.79 Å². The molecule has 20 heavy (non-hydrogen) atoms. The molecule has 1 aromatic rings. The molecule has 4 nitrogen and oxygen atoms in total. The zero-order valence-corrected chi connectivity index (χ0v) is 14.3. The fourth-order valence-electron chi connectivity index (χ4n) is 2.10. The average molecular weight is 343 g/mol. The van der Waals surface area contributed by atoms with Crippen LogP contribution in [0.25, 0.3) is 0 Å². The highest BCUT2D eigenvalue weighted by Crippen LogP contribution is 2.25. The van der Waals surface area contributed by atoms with Gasteiger partial charge in [0.1, 0.15) is 0 Å². The number of aryl methyl sites for hydroxylation is 2. The number of aliphatic hydroxyl groups excluding tert-OH is 1. The summed E-state index contributed by atoms with van der Waals surface area (Å²) in [5, 5.41) is 12.5. The van der Waals surface area contributed by atoms with Crippen molar-refractivity contribution in [1.82, 2.24) is 4.90 Å². The van der Waals surface area contributed by atoms with Crippen LogP contribution in [0.4, 0.5) is 10.5 Å². The van der Waals surface area contributed by atoms with E-state index in [2.05, 4.69) is 21.2 Å². The molecule has 2 N–H and O–H groups in total. The fourth-order valence-corrected chi connectivity index (χ4v) is 2.79. The van der Waals surface area contributed by atoms with Crippen LogP contribution in [-0.4, -0.2) is 34.7 Å². The molecule has 0 bridgehead atoms. The van der Waals surface area contributed by atoms with Crippen LogP contribution in [0.15, 0.2) is 16.6 Å². The summed E-state index contributed by atoms with van der Waals surface area (Å²) in [5.41, 5.74) is 2.84. The molecule has 112 valence electrons. The predicted octanol–water partition coefficient (Wildman–Crippen LogP) is 3.69. The van der Waals surface area contributed by atoms with Gasteiger partial charge in [0.2, 0.25) is 0 Å². The van der Waals surface area contributed by atoms with Crippen molar-refractivity contribution in [2.45, 2.75) is 46.8 Å². The maximum absolute atomic E-state index is 12.4. The highest BCUT2D eigenvalue weighted by molar-refractivity contribution is 9.10. The number of anilines is 1. The fraction of sp³-hybridized carbons (Fsp3) is 0.533. The molecule has 0 aromatic heterocycles. The molecule has 0 radical (unpaired) electrons. The molecular weight excluding hydrogens is 320 g/mol. The maximum atomic E-state index is 12.4. The van der Waals surface area contributed by atoms with Crippen LogP contribution in [0.5, 0.6) is 0 Å². The van der Waals surface area contributed by atoms with Crippen molar-refractivity contribution in [2.75, 3.05) is 11.9 Å². The molecule has 0 aliphatic heterocycles. The molecule has 0 saturated carbocycles. The van der Waals surface area contributed by atoms with E-state index in [4.69, 9.17) is 0 Å². The Labute approximate surface area is 129 Å². The molecule has 0 saturated heterocycles. The van der Waals surface area contributed by atoms with Gasteiger partial charge in [-0.05, 0) is 57.9 Å². The molecule has 1 rings (SSSR count). The van der Waals surface area contributed by atoms with Crippen LogP contribution in [0.3, 0.4) is 0 Å². The zero-order chi connectivity index (χ0) is 15.4. The Morgan fingerprint density at radius 2 is 1.80 bits per heavy atom. The normalized spacial score (nSPS) is 12.4. The highest BCUT2D eigenvalue weighted by Gasteiger charge is 2.20. The van der Waals surface area contributed by atoms with Gasteiger partial charge in [-0.1, -0.05) is 15.9 Å². The summed E-state index contributed by atoms with van der Waals surface area (Å²) in [7, 11) is 0. The van der Waals surface area contributed by atoms with E-state index in [1.807, 2.05) is 39.8 Å². The van der Waals surface area contributed by atoms with Crippen molar-refractivity contribution in [3.63, 3.8) is 0 Å². The van der Waals surface area contributed by atoms with Crippen molar-refractivity contribution in [3.05, 3.63) is 27.7 Å². The summed E-state index contributed by atoms with van der Waals surface area (Å²) in [5.74, 6) is 0. The number of halogens is 1. The van der Waals surface area contributed by atoms with Crippen molar-refractivity contribution < 1.29 is 9.90 Å². The summed E-state index contributed by atoms with van der Waals surface area (Å²) >= 11 is 3.44. The lowest BCUT2D eigenvalue weighted by Crippen LogP contribution is -2.44. The van der Waals surface area contributed by atoms with Crippen molar-refractivity contribution in [1.29, 1.82) is 0 Å². The molecule has 1 aromatic carbocycles. The van der Waals surface area contributed by atoms with Crippen LogP contribution >= 0.6 is 15.9 Å². The van der Waals surface area contributed by atoms with Gasteiger partial charge in [0.25, 0.3) is 0 Å². The quantitative estimate of drug-likeness (QED) is 0.876. The predicted molar refractivity (Wildman–Crippen MR) is 86.2 cm³/mol. The zero-order valence-electron chi connectivity index (χ0n) is 12.7. The van der Waals surface area contributed by atoms with E-state index in [0.29, 0.717) is 6.54 Å². The van der Waals surface area contributed by atoms with E-state index < -0.39 is 6.10 Å². The van der Waals surface area contributed by atoms with Gasteiger partial charge < -0.3 is 15.3 Å². The second-order valence-electron chi connectivity index (χ2n) is 5.44. The summed E-state index contributed by atoms with van der Waals surface area (Å²) in [6.45, 7) is 9.78. The molecule has 0 heterocycles. The molecule has 1 atom stereocenters. The number of rotatable bonds is 4. The van der Waals surface area contributed by atoms with Gasteiger partial charge in [0.15, 0.2) is 0 Å². The molecule has 2 amide bonds. The largest absolute Gasteiger partial charge is 0.392 e. The highest BCUT2D eigenvalue weighted by atomic mass is 79.9. The molecule has 0 spiro atoms. The van der Waals surface area contributed by atoms with Crippen LogP contribution in [0.1, 0.15) is 31.9 Å². The molecule has 1 unspecified atom stereocenters. The number of aliphatic hydroxyl groups is 1. The smallest absolute Gasteiger partial charge is 0.322 e. The molecule has 0 aliphatic rings. The van der Waals surface area contributed by atoms with Gasteiger partial charge in [-0.2, -0.15) is 0 Å². The number of amides is 2. The minimum atomic E-state index is -0.546. The Bertz CT molecular complexity index is 464. The summed E-state index contributed by atoms with van der Waals surface area (Å²) < 4.78 is 0.996. The number of nitrogens with one attached hydrogen (secondary N) is 1. The first kappa shape index (κ1) is 17.0. The van der Waals surface area contributed by atoms with E-state index in [-0.39, 0.29) is 12.1 Å². The Hall–Kier alpha value is -1.07. The lowest BCUT2D eigenvalue weighted by Gasteiger charge is -2.28. The van der Waals surface area contributed by atoms with Gasteiger partial charge in [0.05, 0.1) is 6.10 Å². The number of carbonyl (C=O) groups is 1. The monoisotopic (exact) mass is 342 g/mol. The number of nitrogens with zero attached hydrogens (tertiary/aromatic N) is 1. The summed E-state index contributed by atoms with van der Waals surface area (Å²) in [6.07, 6.45) is -0.546. The molecular formula is C15H23BrN2O2. The lowest BCUT2D eigenvalue weighted by molar-refractivity contribution is 0.125. The topological polar surface area (TPSA) is 52.6 Å². The molecule has 0 fully saturated rings. The Morgan fingerprint density at radius 1 is 1.30 bits per heavy atom. The number of hydrogen-bond acceptors (Lipinski definition) is 2. The van der Waals surface area contributed by atoms with E-state index >= 15 is 0 Å². The minimum Gasteiger partial charge on any atom is -0.392 e. The molecule has 5 heteroatoms. The van der Waals surface area contributed by atoms with Gasteiger partial charge in [-0.15, -0.1) is 0 Å². The van der Waals surface area contributed by atoms with Gasteiger partial charge in [0, 0.05) is 22.7 Å². The average Bonchev–Trinajstić information content (AvgIpc) is 2.29. The van der Waals surface area contributed by atoms with Crippen molar-refractivity contribution in [2.24, 2.45) is 0 Å². The second-order valence-corrected chi connectivity index (χ2v) is 6.36. The SMILES string of the molecule is Cc1cc(Br)cc(C)c1NC(=O)N(CC(C)O)C(C)C. The van der Waals surface area contributed by atoms with Crippen LogP contribution in [-0.2, 0) is 0 Å². The third kappa shape index (κ3) is 4.49. The Balaban J connectivity index is 2.94. The van der Waals surface area contributed by atoms with E-state index in [1.165, 1.54) is 0 Å². The third-order valence-corrected chi connectivity index (χ3v) is 3.53. The Morgan fingerprint density at radius 3 is 2.20 bits per heavy atom. The number of urea groups is 1. The van der Waals surface area contributed by atoms with Crippen LogP contribution in [0.2, 0.25) is 0 Å². The third-order valence-electron chi connectivity index (χ3n) is 3.07. The first-order chi connectivity index (χ1) is 9.22. The first-order valence-corrected chi connectivity index (χ1v) is 7.54. The van der Waals surface area contributed by atoms with E-state index in [9.17, 15) is 9.90 Å². The number of carbonyl (C=O) groups excluding carboxylic acids is 1. The summed E-state index contributed by atoms with van der Waals surface area (Å²) in [4.78, 5) is 14.0.